The van der Waals surface area contributed by atoms with Crippen LogP contribution in [-0.2, 0) is 5.41 Å². The smallest absolute Gasteiger partial charge is 0.162 e. The molecule has 2 N–H and O–H groups in total. The molecular weight excluding hydrogens is 298 g/mol. The number of benzene rings is 1. The lowest BCUT2D eigenvalue weighted by Crippen LogP contribution is -2.37. The van der Waals surface area contributed by atoms with Gasteiger partial charge in [-0.2, -0.15) is 0 Å². The largest absolute Gasteiger partial charge is 0.493 e. The van der Waals surface area contributed by atoms with Crippen LogP contribution in [0.5, 0.6) is 11.5 Å². The maximum Gasteiger partial charge on any atom is 0.162 e. The van der Waals surface area contributed by atoms with E-state index in [0.717, 1.165) is 47.8 Å². The molecule has 122 valence electrons. The van der Waals surface area contributed by atoms with Crippen LogP contribution in [0.25, 0.3) is 0 Å². The molecule has 0 bridgehead atoms. The summed E-state index contributed by atoms with van der Waals surface area (Å²) in [4.78, 5) is 0. The van der Waals surface area contributed by atoms with Crippen molar-refractivity contribution in [2.75, 3.05) is 13.7 Å². The molecule has 0 unspecified atom stereocenters. The first kappa shape index (κ1) is 15.9. The Morgan fingerprint density at radius 1 is 1.14 bits per heavy atom. The molecule has 0 aliphatic heterocycles. The molecule has 3 nitrogen and oxygen atoms in total. The molecule has 4 heteroatoms. The van der Waals surface area contributed by atoms with Crippen molar-refractivity contribution in [3.05, 3.63) is 22.7 Å². The Labute approximate surface area is 138 Å². The van der Waals surface area contributed by atoms with Crippen molar-refractivity contribution in [3.63, 3.8) is 0 Å². The zero-order valence-electron chi connectivity index (χ0n) is 13.4. The van der Waals surface area contributed by atoms with Gasteiger partial charge in [0.15, 0.2) is 11.5 Å². The summed E-state index contributed by atoms with van der Waals surface area (Å²) < 4.78 is 11.6. The summed E-state index contributed by atoms with van der Waals surface area (Å²) >= 11 is 6.58. The average molecular weight is 324 g/mol. The van der Waals surface area contributed by atoms with Gasteiger partial charge in [0.1, 0.15) is 0 Å². The Hall–Kier alpha value is -0.930. The minimum Gasteiger partial charge on any atom is -0.493 e. The van der Waals surface area contributed by atoms with Crippen LogP contribution < -0.4 is 15.2 Å². The molecule has 0 saturated heterocycles. The molecule has 2 aliphatic carbocycles. The van der Waals surface area contributed by atoms with Crippen molar-refractivity contribution in [3.8, 4) is 11.5 Å². The van der Waals surface area contributed by atoms with Gasteiger partial charge in [-0.3, -0.25) is 0 Å². The third-order valence-corrected chi connectivity index (χ3v) is 5.68. The average Bonchev–Trinajstić information content (AvgIpc) is 2.52. The normalized spacial score (nSPS) is 21.2. The quantitative estimate of drug-likeness (QED) is 0.871. The molecule has 1 aromatic rings. The lowest BCUT2D eigenvalue weighted by molar-refractivity contribution is 0.115. The molecule has 22 heavy (non-hydrogen) atoms. The van der Waals surface area contributed by atoms with Crippen LogP contribution >= 0.6 is 11.6 Å². The van der Waals surface area contributed by atoms with E-state index in [2.05, 4.69) is 6.07 Å². The summed E-state index contributed by atoms with van der Waals surface area (Å²) in [5.41, 5.74) is 7.31. The lowest BCUT2D eigenvalue weighted by Gasteiger charge is -2.38. The lowest BCUT2D eigenvalue weighted by atomic mass is 9.69. The highest BCUT2D eigenvalue weighted by molar-refractivity contribution is 6.31. The van der Waals surface area contributed by atoms with Crippen LogP contribution in [0, 0.1) is 0 Å². The zero-order chi connectivity index (χ0) is 15.6. The van der Waals surface area contributed by atoms with Gasteiger partial charge in [0.25, 0.3) is 0 Å². The monoisotopic (exact) mass is 323 g/mol. The second-order valence-electron chi connectivity index (χ2n) is 6.70. The highest BCUT2D eigenvalue weighted by atomic mass is 35.5. The number of nitrogens with two attached hydrogens (primary N) is 1. The zero-order valence-corrected chi connectivity index (χ0v) is 14.1. The second-order valence-corrected chi connectivity index (χ2v) is 7.11. The van der Waals surface area contributed by atoms with E-state index in [4.69, 9.17) is 26.8 Å². The molecule has 1 aromatic carbocycles. The van der Waals surface area contributed by atoms with E-state index in [9.17, 15) is 0 Å². The van der Waals surface area contributed by atoms with Crippen LogP contribution in [0.1, 0.15) is 56.9 Å². The molecule has 2 saturated carbocycles. The van der Waals surface area contributed by atoms with E-state index in [-0.39, 0.29) is 5.41 Å². The Bertz CT molecular complexity index is 522. The van der Waals surface area contributed by atoms with Crippen LogP contribution in [0.4, 0.5) is 0 Å². The van der Waals surface area contributed by atoms with Gasteiger partial charge < -0.3 is 15.2 Å². The molecule has 2 aliphatic rings. The summed E-state index contributed by atoms with van der Waals surface area (Å²) in [6.07, 6.45) is 9.78. The van der Waals surface area contributed by atoms with Crippen molar-refractivity contribution in [1.29, 1.82) is 0 Å². The number of hydrogen-bond acceptors (Lipinski definition) is 3. The van der Waals surface area contributed by atoms with E-state index >= 15 is 0 Å². The van der Waals surface area contributed by atoms with Crippen LogP contribution in [0.3, 0.4) is 0 Å². The van der Waals surface area contributed by atoms with E-state index in [0.29, 0.717) is 12.6 Å². The topological polar surface area (TPSA) is 44.5 Å². The molecule has 0 heterocycles. The molecule has 0 amide bonds. The van der Waals surface area contributed by atoms with E-state index in [1.54, 1.807) is 7.11 Å². The van der Waals surface area contributed by atoms with Gasteiger partial charge in [-0.1, -0.05) is 30.9 Å². The van der Waals surface area contributed by atoms with Crippen LogP contribution in [0.15, 0.2) is 12.1 Å². The van der Waals surface area contributed by atoms with Gasteiger partial charge in [0.2, 0.25) is 0 Å². The van der Waals surface area contributed by atoms with Gasteiger partial charge in [-0.15, -0.1) is 0 Å². The minimum absolute atomic E-state index is 0.000666. The van der Waals surface area contributed by atoms with Crippen molar-refractivity contribution in [1.82, 2.24) is 0 Å². The fraction of sp³-hybridized carbons (Fsp3) is 0.667. The fourth-order valence-electron chi connectivity index (χ4n) is 3.67. The van der Waals surface area contributed by atoms with E-state index in [1.807, 2.05) is 6.07 Å². The van der Waals surface area contributed by atoms with Gasteiger partial charge >= 0.3 is 0 Å². The first-order valence-electron chi connectivity index (χ1n) is 8.43. The van der Waals surface area contributed by atoms with Gasteiger partial charge in [0, 0.05) is 23.0 Å². The van der Waals surface area contributed by atoms with E-state index in [1.165, 1.54) is 25.7 Å². The second kappa shape index (κ2) is 6.67. The van der Waals surface area contributed by atoms with Crippen molar-refractivity contribution in [2.45, 2.75) is 62.9 Å². The number of hydrogen-bond donors (Lipinski definition) is 1. The maximum atomic E-state index is 6.58. The van der Waals surface area contributed by atoms with Crippen molar-refractivity contribution < 1.29 is 9.47 Å². The Morgan fingerprint density at radius 2 is 1.86 bits per heavy atom. The summed E-state index contributed by atoms with van der Waals surface area (Å²) in [6, 6.07) is 3.99. The first-order valence-corrected chi connectivity index (χ1v) is 8.81. The molecule has 0 radical (unpaired) electrons. The summed E-state index contributed by atoms with van der Waals surface area (Å²) in [5, 5.41) is 0.755. The number of methoxy groups -OCH3 is 1. The van der Waals surface area contributed by atoms with Crippen molar-refractivity contribution >= 4 is 11.6 Å². The molecule has 0 atom stereocenters. The Kier molecular flexibility index (Phi) is 4.84. The molecule has 0 spiro atoms. The SMILES string of the molecule is COc1cc(Cl)c(C2(CN)CCCCC2)cc1OC1CCC1. The number of rotatable bonds is 5. The molecule has 3 rings (SSSR count). The van der Waals surface area contributed by atoms with Crippen LogP contribution in [-0.4, -0.2) is 19.8 Å². The molecule has 2 fully saturated rings. The standard InChI is InChI=1S/C18H26ClNO2/c1-21-16-11-15(19)14(10-17(16)22-13-6-5-7-13)18(12-20)8-3-2-4-9-18/h10-11,13H,2-9,12,20H2,1H3. The molecular formula is C18H26ClNO2. The maximum absolute atomic E-state index is 6.58. The summed E-state index contributed by atoms with van der Waals surface area (Å²) in [5.74, 6) is 1.55. The predicted molar refractivity (Wildman–Crippen MR) is 90.1 cm³/mol. The fourth-order valence-corrected chi connectivity index (χ4v) is 4.03. The summed E-state index contributed by atoms with van der Waals surface area (Å²) in [6.45, 7) is 0.641. The Balaban J connectivity index is 1.96. The minimum atomic E-state index is -0.000666. The highest BCUT2D eigenvalue weighted by Crippen LogP contribution is 2.46. The van der Waals surface area contributed by atoms with E-state index < -0.39 is 0 Å². The van der Waals surface area contributed by atoms with Crippen LogP contribution in [0.2, 0.25) is 5.02 Å². The number of ether oxygens (including phenoxy) is 2. The Morgan fingerprint density at radius 3 is 2.41 bits per heavy atom. The third-order valence-electron chi connectivity index (χ3n) is 5.37. The van der Waals surface area contributed by atoms with Gasteiger partial charge in [-0.25, -0.2) is 0 Å². The number of halogens is 1. The van der Waals surface area contributed by atoms with Gasteiger partial charge in [0.05, 0.1) is 13.2 Å². The third kappa shape index (κ3) is 2.93. The first-order chi connectivity index (χ1) is 10.7. The summed E-state index contributed by atoms with van der Waals surface area (Å²) in [7, 11) is 1.66. The van der Waals surface area contributed by atoms with Gasteiger partial charge in [-0.05, 0) is 43.7 Å². The van der Waals surface area contributed by atoms with Crippen molar-refractivity contribution in [2.24, 2.45) is 5.73 Å². The molecule has 0 aromatic heterocycles. The predicted octanol–water partition coefficient (Wildman–Crippen LogP) is 4.44. The highest BCUT2D eigenvalue weighted by Gasteiger charge is 2.35.